The first-order chi connectivity index (χ1) is 11.4. The number of hydrogen-bond donors (Lipinski definition) is 3. The van der Waals surface area contributed by atoms with E-state index in [0.717, 1.165) is 0 Å². The topological polar surface area (TPSA) is 96.9 Å². The van der Waals surface area contributed by atoms with Crippen LogP contribution in [-0.4, -0.2) is 36.4 Å². The van der Waals surface area contributed by atoms with E-state index >= 15 is 0 Å². The number of amides is 2. The Morgan fingerprint density at radius 1 is 1.25 bits per heavy atom. The molecule has 0 radical (unpaired) electrons. The van der Waals surface area contributed by atoms with Gasteiger partial charge in [0.05, 0.1) is 24.3 Å². The largest absolute Gasteiger partial charge is 0.508 e. The van der Waals surface area contributed by atoms with E-state index < -0.39 is 18.0 Å². The lowest BCUT2D eigenvalue weighted by Crippen LogP contribution is -2.45. The third kappa shape index (κ3) is 4.48. The fourth-order valence-corrected chi connectivity index (χ4v) is 2.38. The van der Waals surface area contributed by atoms with Gasteiger partial charge in [-0.3, -0.25) is 0 Å². The maximum absolute atomic E-state index is 12.4. The maximum atomic E-state index is 12.4. The molecule has 24 heavy (non-hydrogen) atoms. The number of carbonyl (C=O) groups excluding carboxylic acids is 2. The summed E-state index contributed by atoms with van der Waals surface area (Å²) in [5, 5.41) is 14.7. The van der Waals surface area contributed by atoms with Crippen molar-refractivity contribution in [3.05, 3.63) is 41.1 Å². The van der Waals surface area contributed by atoms with E-state index in [4.69, 9.17) is 9.47 Å². The smallest absolute Gasteiger partial charge is 0.338 e. The van der Waals surface area contributed by atoms with Gasteiger partial charge in [-0.25, -0.2) is 9.59 Å². The summed E-state index contributed by atoms with van der Waals surface area (Å²) in [6, 6.07) is 5.25. The molecule has 0 fully saturated rings. The van der Waals surface area contributed by atoms with Gasteiger partial charge in [0.15, 0.2) is 0 Å². The Morgan fingerprint density at radius 3 is 2.54 bits per heavy atom. The summed E-state index contributed by atoms with van der Waals surface area (Å²) in [5.74, 6) is -0.417. The van der Waals surface area contributed by atoms with Gasteiger partial charge in [-0.15, -0.1) is 0 Å². The minimum Gasteiger partial charge on any atom is -0.508 e. The number of phenols is 1. The predicted octanol–water partition coefficient (Wildman–Crippen LogP) is 1.99. The molecule has 1 aliphatic rings. The highest BCUT2D eigenvalue weighted by atomic mass is 16.6. The fourth-order valence-electron chi connectivity index (χ4n) is 2.38. The SMILES string of the molecule is CC1=C(C(=O)OCCOC(C)C)[C@H](c2ccc(O)cc2)NC(=O)N1. The first-order valence-corrected chi connectivity index (χ1v) is 7.74. The molecule has 1 aromatic rings. The molecule has 7 nitrogen and oxygen atoms in total. The van der Waals surface area contributed by atoms with E-state index in [-0.39, 0.29) is 18.5 Å². The third-order valence-corrected chi connectivity index (χ3v) is 3.48. The summed E-state index contributed by atoms with van der Waals surface area (Å²) < 4.78 is 10.6. The molecule has 1 atom stereocenters. The predicted molar refractivity (Wildman–Crippen MR) is 87.3 cm³/mol. The van der Waals surface area contributed by atoms with Crippen molar-refractivity contribution in [2.75, 3.05) is 13.2 Å². The van der Waals surface area contributed by atoms with Gasteiger partial charge in [-0.2, -0.15) is 0 Å². The number of carbonyl (C=O) groups is 2. The number of esters is 1. The molecule has 1 heterocycles. The molecule has 7 heteroatoms. The molecule has 0 bridgehead atoms. The third-order valence-electron chi connectivity index (χ3n) is 3.48. The minimum atomic E-state index is -0.641. The number of phenolic OH excluding ortho intramolecular Hbond substituents is 1. The highest BCUT2D eigenvalue weighted by Crippen LogP contribution is 2.28. The van der Waals surface area contributed by atoms with Crippen molar-refractivity contribution >= 4 is 12.0 Å². The van der Waals surface area contributed by atoms with E-state index in [0.29, 0.717) is 23.4 Å². The van der Waals surface area contributed by atoms with E-state index in [2.05, 4.69) is 10.6 Å². The number of nitrogens with one attached hydrogen (secondary N) is 2. The quantitative estimate of drug-likeness (QED) is 0.546. The van der Waals surface area contributed by atoms with Crippen LogP contribution in [0.15, 0.2) is 35.5 Å². The van der Waals surface area contributed by atoms with Gasteiger partial charge in [0.25, 0.3) is 0 Å². The number of urea groups is 1. The van der Waals surface area contributed by atoms with Crippen LogP contribution in [0, 0.1) is 0 Å². The van der Waals surface area contributed by atoms with Crippen LogP contribution in [0.2, 0.25) is 0 Å². The van der Waals surface area contributed by atoms with Gasteiger partial charge >= 0.3 is 12.0 Å². The molecule has 0 aliphatic carbocycles. The van der Waals surface area contributed by atoms with E-state index in [9.17, 15) is 14.7 Å². The first kappa shape index (κ1) is 17.8. The van der Waals surface area contributed by atoms with Gasteiger partial charge in [-0.05, 0) is 38.5 Å². The van der Waals surface area contributed by atoms with Crippen molar-refractivity contribution < 1.29 is 24.2 Å². The summed E-state index contributed by atoms with van der Waals surface area (Å²) in [4.78, 5) is 24.2. The Balaban J connectivity index is 2.16. The Morgan fingerprint density at radius 2 is 1.92 bits per heavy atom. The molecule has 2 rings (SSSR count). The lowest BCUT2D eigenvalue weighted by Gasteiger charge is -2.28. The number of aromatic hydroxyl groups is 1. The zero-order valence-electron chi connectivity index (χ0n) is 14.0. The van der Waals surface area contributed by atoms with Crippen molar-refractivity contribution in [3.8, 4) is 5.75 Å². The second-order valence-corrected chi connectivity index (χ2v) is 5.72. The number of rotatable bonds is 6. The maximum Gasteiger partial charge on any atom is 0.338 e. The molecular formula is C17H22N2O5. The molecule has 3 N–H and O–H groups in total. The summed E-state index contributed by atoms with van der Waals surface area (Å²) in [6.45, 7) is 5.88. The highest BCUT2D eigenvalue weighted by molar-refractivity contribution is 5.95. The van der Waals surface area contributed by atoms with Crippen LogP contribution in [0.5, 0.6) is 5.75 Å². The van der Waals surface area contributed by atoms with Gasteiger partial charge in [0.1, 0.15) is 12.4 Å². The summed E-state index contributed by atoms with van der Waals surface area (Å²) in [6.07, 6.45) is 0.0602. The summed E-state index contributed by atoms with van der Waals surface area (Å²) in [7, 11) is 0. The van der Waals surface area contributed by atoms with Crippen molar-refractivity contribution in [2.45, 2.75) is 32.9 Å². The van der Waals surface area contributed by atoms with Crippen molar-refractivity contribution in [3.63, 3.8) is 0 Å². The van der Waals surface area contributed by atoms with Crippen molar-refractivity contribution in [1.82, 2.24) is 10.6 Å². The Kier molecular flexibility index (Phi) is 5.81. The van der Waals surface area contributed by atoms with Gasteiger partial charge < -0.3 is 25.2 Å². The van der Waals surface area contributed by atoms with E-state index in [1.807, 2.05) is 13.8 Å². The van der Waals surface area contributed by atoms with Crippen LogP contribution in [0.4, 0.5) is 4.79 Å². The average molecular weight is 334 g/mol. The molecule has 0 spiro atoms. The monoisotopic (exact) mass is 334 g/mol. The Labute approximate surface area is 140 Å². The number of benzene rings is 1. The normalized spacial score (nSPS) is 17.5. The zero-order valence-corrected chi connectivity index (χ0v) is 14.0. The minimum absolute atomic E-state index is 0.0602. The molecule has 0 saturated carbocycles. The molecule has 0 aromatic heterocycles. The Hall–Kier alpha value is -2.54. The van der Waals surface area contributed by atoms with Crippen LogP contribution in [0.1, 0.15) is 32.4 Å². The number of hydrogen-bond acceptors (Lipinski definition) is 5. The Bertz CT molecular complexity index is 637. The first-order valence-electron chi connectivity index (χ1n) is 7.74. The molecular weight excluding hydrogens is 312 g/mol. The van der Waals surface area contributed by atoms with Crippen LogP contribution in [-0.2, 0) is 14.3 Å². The molecule has 1 aliphatic heterocycles. The van der Waals surface area contributed by atoms with Gasteiger partial charge in [-0.1, -0.05) is 12.1 Å². The van der Waals surface area contributed by atoms with Gasteiger partial charge in [0.2, 0.25) is 0 Å². The van der Waals surface area contributed by atoms with Crippen molar-refractivity contribution in [1.29, 1.82) is 0 Å². The summed E-state index contributed by atoms with van der Waals surface area (Å²) in [5.41, 5.74) is 1.43. The standard InChI is InChI=1S/C17H22N2O5/c1-10(2)23-8-9-24-16(21)14-11(3)18-17(22)19-15(14)12-4-6-13(20)7-5-12/h4-7,10,15,20H,8-9H2,1-3H3,(H2,18,19,22)/t15-/m0/s1. The second-order valence-electron chi connectivity index (χ2n) is 5.72. The molecule has 2 amide bonds. The van der Waals surface area contributed by atoms with E-state index in [1.165, 1.54) is 12.1 Å². The van der Waals surface area contributed by atoms with Crippen LogP contribution in [0.3, 0.4) is 0 Å². The second kappa shape index (κ2) is 7.83. The number of allylic oxidation sites excluding steroid dienone is 1. The van der Waals surface area contributed by atoms with Gasteiger partial charge in [0, 0.05) is 5.70 Å². The van der Waals surface area contributed by atoms with Crippen molar-refractivity contribution in [2.24, 2.45) is 0 Å². The lowest BCUT2D eigenvalue weighted by molar-refractivity contribution is -0.141. The summed E-state index contributed by atoms with van der Waals surface area (Å²) >= 11 is 0. The van der Waals surface area contributed by atoms with Crippen LogP contribution < -0.4 is 10.6 Å². The fraction of sp³-hybridized carbons (Fsp3) is 0.412. The van der Waals surface area contributed by atoms with E-state index in [1.54, 1.807) is 19.1 Å². The highest BCUT2D eigenvalue weighted by Gasteiger charge is 2.32. The zero-order chi connectivity index (χ0) is 17.7. The average Bonchev–Trinajstić information content (AvgIpc) is 2.51. The van der Waals surface area contributed by atoms with Crippen LogP contribution >= 0.6 is 0 Å². The van der Waals surface area contributed by atoms with Crippen LogP contribution in [0.25, 0.3) is 0 Å². The molecule has 0 saturated heterocycles. The lowest BCUT2D eigenvalue weighted by atomic mass is 9.95. The molecule has 1 aromatic carbocycles. The molecule has 130 valence electrons. The molecule has 0 unspecified atom stereocenters. The number of ether oxygens (including phenoxy) is 2.